The topological polar surface area (TPSA) is 29.5 Å². The zero-order chi connectivity index (χ0) is 9.83. The smallest absolute Gasteiger partial charge is 0.0824 e. The third-order valence-electron chi connectivity index (χ3n) is 1.31. The van der Waals surface area contributed by atoms with Gasteiger partial charge in [-0.1, -0.05) is 29.8 Å². The molecule has 0 aromatic heterocycles. The fourth-order valence-corrected chi connectivity index (χ4v) is 0.778. The van der Waals surface area contributed by atoms with Crippen molar-refractivity contribution in [3.8, 4) is 0 Å². The Bertz CT molecular complexity index is 127. The number of hydrogen-bond donors (Lipinski definition) is 1. The van der Waals surface area contributed by atoms with Gasteiger partial charge in [0.25, 0.3) is 0 Å². The van der Waals surface area contributed by atoms with Gasteiger partial charge in [-0.25, -0.2) is 0 Å². The normalized spacial score (nSPS) is 13.5. The molecule has 0 aromatic carbocycles. The second-order valence-electron chi connectivity index (χ2n) is 4.60. The molecule has 0 saturated carbocycles. The molecule has 0 saturated heterocycles. The van der Waals surface area contributed by atoms with Crippen LogP contribution in [0.5, 0.6) is 0 Å². The molecule has 0 radical (unpaired) electrons. The highest BCUT2D eigenvalue weighted by Crippen LogP contribution is 2.18. The highest BCUT2D eigenvalue weighted by molar-refractivity contribution is 9.09. The quantitative estimate of drug-likeness (QED) is 0.745. The maximum absolute atomic E-state index is 9.35. The number of alkyl halides is 1. The zero-order valence-electron chi connectivity index (χ0n) is 8.35. The predicted molar refractivity (Wildman–Crippen MR) is 54.7 cm³/mol. The van der Waals surface area contributed by atoms with Crippen LogP contribution in [-0.2, 0) is 4.74 Å². The highest BCUT2D eigenvalue weighted by Gasteiger charge is 2.19. The number of halogens is 1. The summed E-state index contributed by atoms with van der Waals surface area (Å²) in [5, 5.41) is 10.3. The molecule has 0 aliphatic carbocycles. The average Bonchev–Trinajstić information content (AvgIpc) is 1.84. The van der Waals surface area contributed by atoms with Crippen molar-refractivity contribution in [1.29, 1.82) is 0 Å². The van der Waals surface area contributed by atoms with Crippen LogP contribution in [0.3, 0.4) is 0 Å². The molecule has 2 nitrogen and oxygen atoms in total. The fraction of sp³-hybridized carbons (Fsp3) is 1.00. The van der Waals surface area contributed by atoms with E-state index in [4.69, 9.17) is 4.74 Å². The summed E-state index contributed by atoms with van der Waals surface area (Å²) in [4.78, 5) is 0. The van der Waals surface area contributed by atoms with Crippen molar-refractivity contribution in [1.82, 2.24) is 0 Å². The molecule has 0 rings (SSSR count). The zero-order valence-corrected chi connectivity index (χ0v) is 9.94. The molecule has 0 aliphatic heterocycles. The van der Waals surface area contributed by atoms with Gasteiger partial charge in [0, 0.05) is 5.33 Å². The summed E-state index contributed by atoms with van der Waals surface area (Å²) in [7, 11) is 0. The molecule has 12 heavy (non-hydrogen) atoms. The monoisotopic (exact) mass is 238 g/mol. The minimum absolute atomic E-state index is 0.144. The van der Waals surface area contributed by atoms with Gasteiger partial charge in [-0.3, -0.25) is 0 Å². The first kappa shape index (κ1) is 12.4. The van der Waals surface area contributed by atoms with E-state index in [9.17, 15) is 5.11 Å². The summed E-state index contributed by atoms with van der Waals surface area (Å²) in [5.74, 6) is 0. The van der Waals surface area contributed by atoms with Crippen molar-refractivity contribution in [3.05, 3.63) is 0 Å². The largest absolute Gasteiger partial charge is 0.388 e. The van der Waals surface area contributed by atoms with Gasteiger partial charge in [0.05, 0.1) is 18.8 Å². The Hall–Kier alpha value is 0.400. The number of hydrogen-bond acceptors (Lipinski definition) is 2. The van der Waals surface area contributed by atoms with E-state index in [1.54, 1.807) is 13.8 Å². The van der Waals surface area contributed by atoms with Crippen LogP contribution in [0.15, 0.2) is 0 Å². The molecule has 0 bridgehead atoms. The van der Waals surface area contributed by atoms with E-state index in [0.717, 1.165) is 5.33 Å². The second kappa shape index (κ2) is 4.58. The van der Waals surface area contributed by atoms with Crippen molar-refractivity contribution in [2.75, 3.05) is 18.5 Å². The van der Waals surface area contributed by atoms with Crippen molar-refractivity contribution >= 4 is 15.9 Å². The molecule has 0 spiro atoms. The van der Waals surface area contributed by atoms with Gasteiger partial charge in [-0.2, -0.15) is 0 Å². The van der Waals surface area contributed by atoms with Gasteiger partial charge in [-0.05, 0) is 19.3 Å². The number of ether oxygens (including phenoxy) is 1. The van der Waals surface area contributed by atoms with Gasteiger partial charge >= 0.3 is 0 Å². The van der Waals surface area contributed by atoms with Crippen LogP contribution in [0.4, 0.5) is 0 Å². The van der Waals surface area contributed by atoms with E-state index in [0.29, 0.717) is 13.2 Å². The van der Waals surface area contributed by atoms with Gasteiger partial charge in [0.2, 0.25) is 0 Å². The lowest BCUT2D eigenvalue weighted by molar-refractivity contribution is -0.0386. The summed E-state index contributed by atoms with van der Waals surface area (Å²) >= 11 is 3.41. The van der Waals surface area contributed by atoms with E-state index < -0.39 is 5.60 Å². The molecular formula is C9H19BrO2. The second-order valence-corrected chi connectivity index (χ2v) is 5.16. The SMILES string of the molecule is CC(C)(O)COCC(C)(C)CBr. The Morgan fingerprint density at radius 1 is 1.17 bits per heavy atom. The standard InChI is InChI=1S/C9H19BrO2/c1-8(2,5-10)6-12-7-9(3,4)11/h11H,5-7H2,1-4H3. The fourth-order valence-electron chi connectivity index (χ4n) is 0.616. The Balaban J connectivity index is 3.57. The maximum Gasteiger partial charge on any atom is 0.0824 e. The summed E-state index contributed by atoms with van der Waals surface area (Å²) in [6, 6.07) is 0. The van der Waals surface area contributed by atoms with E-state index in [-0.39, 0.29) is 5.41 Å². The lowest BCUT2D eigenvalue weighted by Crippen LogP contribution is -2.30. The highest BCUT2D eigenvalue weighted by atomic mass is 79.9. The molecule has 3 heteroatoms. The first-order valence-electron chi connectivity index (χ1n) is 4.13. The predicted octanol–water partition coefficient (Wildman–Crippen LogP) is 2.20. The molecular weight excluding hydrogens is 220 g/mol. The van der Waals surface area contributed by atoms with Crippen LogP contribution in [0.25, 0.3) is 0 Å². The van der Waals surface area contributed by atoms with Crippen molar-refractivity contribution in [2.45, 2.75) is 33.3 Å². The average molecular weight is 239 g/mol. The Morgan fingerprint density at radius 3 is 2.00 bits per heavy atom. The van der Waals surface area contributed by atoms with Gasteiger partial charge in [0.1, 0.15) is 0 Å². The first-order chi connectivity index (χ1) is 5.27. The van der Waals surface area contributed by atoms with E-state index >= 15 is 0 Å². The maximum atomic E-state index is 9.35. The van der Waals surface area contributed by atoms with Gasteiger partial charge < -0.3 is 9.84 Å². The van der Waals surface area contributed by atoms with Crippen LogP contribution in [0, 0.1) is 5.41 Å². The van der Waals surface area contributed by atoms with Gasteiger partial charge in [0.15, 0.2) is 0 Å². The molecule has 0 aliphatic rings. The van der Waals surface area contributed by atoms with Crippen LogP contribution >= 0.6 is 15.9 Å². The molecule has 1 N–H and O–H groups in total. The third kappa shape index (κ3) is 7.07. The molecule has 0 atom stereocenters. The molecule has 74 valence electrons. The van der Waals surface area contributed by atoms with Crippen molar-refractivity contribution < 1.29 is 9.84 Å². The lowest BCUT2D eigenvalue weighted by atomic mass is 9.98. The number of aliphatic hydroxyl groups is 1. The van der Waals surface area contributed by atoms with Crippen molar-refractivity contribution in [2.24, 2.45) is 5.41 Å². The Labute approximate surface area is 83.4 Å². The van der Waals surface area contributed by atoms with Crippen LogP contribution in [-0.4, -0.2) is 29.3 Å². The summed E-state index contributed by atoms with van der Waals surface area (Å²) in [6.07, 6.45) is 0. The van der Waals surface area contributed by atoms with E-state index in [1.165, 1.54) is 0 Å². The lowest BCUT2D eigenvalue weighted by Gasteiger charge is -2.24. The summed E-state index contributed by atoms with van der Waals surface area (Å²) in [5.41, 5.74) is -0.576. The summed E-state index contributed by atoms with van der Waals surface area (Å²) < 4.78 is 5.37. The minimum atomic E-state index is -0.720. The van der Waals surface area contributed by atoms with E-state index in [2.05, 4.69) is 29.8 Å². The van der Waals surface area contributed by atoms with E-state index in [1.807, 2.05) is 0 Å². The Kier molecular flexibility index (Phi) is 4.74. The molecule has 0 fully saturated rings. The van der Waals surface area contributed by atoms with Crippen LogP contribution in [0.2, 0.25) is 0 Å². The van der Waals surface area contributed by atoms with Gasteiger partial charge in [-0.15, -0.1) is 0 Å². The molecule has 0 aromatic rings. The first-order valence-corrected chi connectivity index (χ1v) is 5.25. The number of rotatable bonds is 5. The van der Waals surface area contributed by atoms with Crippen LogP contribution < -0.4 is 0 Å². The summed E-state index contributed by atoms with van der Waals surface area (Å²) in [6.45, 7) is 8.78. The van der Waals surface area contributed by atoms with Crippen LogP contribution in [0.1, 0.15) is 27.7 Å². The molecule has 0 unspecified atom stereocenters. The third-order valence-corrected chi connectivity index (χ3v) is 2.83. The minimum Gasteiger partial charge on any atom is -0.388 e. The Morgan fingerprint density at radius 2 is 1.67 bits per heavy atom. The molecule has 0 amide bonds. The van der Waals surface area contributed by atoms with Crippen molar-refractivity contribution in [3.63, 3.8) is 0 Å². The molecule has 0 heterocycles.